The summed E-state index contributed by atoms with van der Waals surface area (Å²) in [6.07, 6.45) is 7.53. The van der Waals surface area contributed by atoms with Crippen LogP contribution in [0.25, 0.3) is 0 Å². The average Bonchev–Trinajstić information content (AvgIpc) is 2.53. The van der Waals surface area contributed by atoms with Crippen molar-refractivity contribution in [2.24, 2.45) is 0 Å². The fraction of sp³-hybridized carbons (Fsp3) is 0.400. The molecule has 0 fully saturated rings. The molecule has 3 heteroatoms. The molecular weight excluding hydrogens is 430 g/mol. The van der Waals surface area contributed by atoms with E-state index in [2.05, 4.69) is 50.2 Å². The number of hydrogen-bond donors (Lipinski definition) is 0. The largest absolute Gasteiger partial charge is 2.00 e. The molecule has 0 saturated carbocycles. The fourth-order valence-corrected chi connectivity index (χ4v) is 1.93. The Labute approximate surface area is 172 Å². The molecule has 23 heavy (non-hydrogen) atoms. The molecule has 0 aliphatic carbocycles. The van der Waals surface area contributed by atoms with Crippen molar-refractivity contribution in [3.63, 3.8) is 0 Å². The predicted octanol–water partition coefficient (Wildman–Crippen LogP) is -0.714. The average molecular weight is 456 g/mol. The van der Waals surface area contributed by atoms with Gasteiger partial charge in [-0.15, -0.1) is 0 Å². The van der Waals surface area contributed by atoms with E-state index in [4.69, 9.17) is 0 Å². The van der Waals surface area contributed by atoms with E-state index in [9.17, 15) is 0 Å². The van der Waals surface area contributed by atoms with Crippen molar-refractivity contribution in [3.05, 3.63) is 71.8 Å². The van der Waals surface area contributed by atoms with Crippen LogP contribution in [-0.2, 0) is 12.8 Å². The monoisotopic (exact) mass is 456 g/mol. The topological polar surface area (TPSA) is 0 Å². The summed E-state index contributed by atoms with van der Waals surface area (Å²) in [5.74, 6) is 0. The van der Waals surface area contributed by atoms with Gasteiger partial charge in [-0.2, -0.15) is 0 Å². The minimum Gasteiger partial charge on any atom is -1.00 e. The molecule has 0 unspecified atom stereocenters. The zero-order valence-electron chi connectivity index (χ0n) is 14.1. The fourth-order valence-electron chi connectivity index (χ4n) is 1.93. The molecule has 2 aromatic rings. The first kappa shape index (κ1) is 27.7. The Bertz CT molecular complexity index is 388. The van der Waals surface area contributed by atoms with E-state index in [1.165, 1.54) is 49.7 Å². The molecule has 0 aromatic heterocycles. The van der Waals surface area contributed by atoms with Gasteiger partial charge in [-0.25, -0.2) is 0 Å². The second-order valence-electron chi connectivity index (χ2n) is 5.03. The van der Waals surface area contributed by atoms with Crippen LogP contribution in [0.1, 0.15) is 50.7 Å². The van der Waals surface area contributed by atoms with Gasteiger partial charge in [0.05, 0.1) is 0 Å². The molecule has 2 aromatic carbocycles. The molecule has 0 nitrogen and oxygen atoms in total. The Kier molecular flexibility index (Phi) is 23.9. The van der Waals surface area contributed by atoms with Gasteiger partial charge in [-0.05, 0) is 48.9 Å². The van der Waals surface area contributed by atoms with Crippen molar-refractivity contribution in [2.75, 3.05) is 0 Å². The second kappa shape index (κ2) is 19.9. The maximum atomic E-state index is 3.07. The smallest absolute Gasteiger partial charge is 1.00 e. The molecule has 124 valence electrons. The SMILES string of the molecule is CCCCc1c[c]ccc1.CCCCc1c[c]ccc1.[Cl-].[Cl-].[Sn+2]. The van der Waals surface area contributed by atoms with Gasteiger partial charge in [0.1, 0.15) is 0 Å². The summed E-state index contributed by atoms with van der Waals surface area (Å²) >= 11 is 0. The van der Waals surface area contributed by atoms with Crippen LogP contribution < -0.4 is 24.8 Å². The standard InChI is InChI=1S/2C10H13.2ClH.Sn/c2*1-2-3-7-10-8-5-4-6-9-10;;;/h2*4-5,8-9H,2-3,7H2,1H3;2*1H;/q;;;;+2/p-2. The van der Waals surface area contributed by atoms with Gasteiger partial charge in [-0.1, -0.05) is 75.2 Å². The predicted molar refractivity (Wildman–Crippen MR) is 93.5 cm³/mol. The molecule has 0 bridgehead atoms. The summed E-state index contributed by atoms with van der Waals surface area (Å²) in [4.78, 5) is 0. The van der Waals surface area contributed by atoms with Crippen LogP contribution in [0.3, 0.4) is 0 Å². The van der Waals surface area contributed by atoms with Crippen molar-refractivity contribution in [3.8, 4) is 0 Å². The third kappa shape index (κ3) is 15.1. The minimum atomic E-state index is 0. The van der Waals surface area contributed by atoms with Crippen LogP contribution in [0.5, 0.6) is 0 Å². The molecule has 0 saturated heterocycles. The number of hydrogen-bond acceptors (Lipinski definition) is 0. The molecule has 0 heterocycles. The number of rotatable bonds is 6. The molecule has 0 spiro atoms. The Morgan fingerprint density at radius 1 is 0.739 bits per heavy atom. The molecule has 4 radical (unpaired) electrons. The zero-order valence-corrected chi connectivity index (χ0v) is 18.5. The summed E-state index contributed by atoms with van der Waals surface area (Å²) in [6.45, 7) is 4.43. The van der Waals surface area contributed by atoms with Gasteiger partial charge < -0.3 is 24.8 Å². The van der Waals surface area contributed by atoms with Gasteiger partial charge in [0, 0.05) is 0 Å². The van der Waals surface area contributed by atoms with Crippen LogP contribution in [0, 0.1) is 12.1 Å². The molecule has 0 aliphatic rings. The Morgan fingerprint density at radius 3 is 1.39 bits per heavy atom. The van der Waals surface area contributed by atoms with Crippen LogP contribution in [0.15, 0.2) is 48.5 Å². The second-order valence-corrected chi connectivity index (χ2v) is 5.03. The number of benzene rings is 2. The summed E-state index contributed by atoms with van der Waals surface area (Å²) in [6, 6.07) is 22.6. The van der Waals surface area contributed by atoms with Crippen molar-refractivity contribution in [1.82, 2.24) is 0 Å². The normalized spacial score (nSPS) is 8.43. The first-order valence-corrected chi connectivity index (χ1v) is 7.76. The van der Waals surface area contributed by atoms with E-state index in [-0.39, 0.29) is 48.7 Å². The Balaban J connectivity index is -0.000000308. The van der Waals surface area contributed by atoms with Crippen molar-refractivity contribution < 1.29 is 24.8 Å². The molecule has 0 amide bonds. The summed E-state index contributed by atoms with van der Waals surface area (Å²) in [5.41, 5.74) is 2.81. The number of halogens is 2. The minimum absolute atomic E-state index is 0. The molecule has 2 rings (SSSR count). The summed E-state index contributed by atoms with van der Waals surface area (Å²) in [5, 5.41) is 0. The Morgan fingerprint density at radius 2 is 1.13 bits per heavy atom. The Hall–Kier alpha value is -0.181. The van der Waals surface area contributed by atoms with E-state index in [0.29, 0.717) is 0 Å². The van der Waals surface area contributed by atoms with Crippen molar-refractivity contribution >= 4 is 23.9 Å². The van der Waals surface area contributed by atoms with E-state index in [0.717, 1.165) is 0 Å². The molecular formula is C20H26Cl2Sn. The van der Waals surface area contributed by atoms with Crippen molar-refractivity contribution in [1.29, 1.82) is 0 Å². The van der Waals surface area contributed by atoms with Crippen LogP contribution in [-0.4, -0.2) is 23.9 Å². The zero-order chi connectivity index (χ0) is 14.5. The van der Waals surface area contributed by atoms with Gasteiger partial charge in [0.15, 0.2) is 0 Å². The maximum Gasteiger partial charge on any atom is 2.00 e. The molecule has 0 aliphatic heterocycles. The van der Waals surface area contributed by atoms with Gasteiger partial charge in [0.25, 0.3) is 0 Å². The van der Waals surface area contributed by atoms with Gasteiger partial charge in [0.2, 0.25) is 0 Å². The third-order valence-corrected chi connectivity index (χ3v) is 3.18. The molecule has 0 atom stereocenters. The van der Waals surface area contributed by atoms with Crippen molar-refractivity contribution in [2.45, 2.75) is 52.4 Å². The summed E-state index contributed by atoms with van der Waals surface area (Å²) in [7, 11) is 0. The number of aryl methyl sites for hydroxylation is 2. The van der Waals surface area contributed by atoms with E-state index >= 15 is 0 Å². The first-order valence-electron chi connectivity index (χ1n) is 7.76. The quantitative estimate of drug-likeness (QED) is 0.505. The maximum absolute atomic E-state index is 3.07. The van der Waals surface area contributed by atoms with Gasteiger partial charge in [-0.3, -0.25) is 0 Å². The first-order chi connectivity index (χ1) is 9.86. The van der Waals surface area contributed by atoms with Gasteiger partial charge >= 0.3 is 23.9 Å². The van der Waals surface area contributed by atoms with E-state index in [1.54, 1.807) is 0 Å². The van der Waals surface area contributed by atoms with Crippen LogP contribution in [0.2, 0.25) is 0 Å². The summed E-state index contributed by atoms with van der Waals surface area (Å²) < 4.78 is 0. The number of unbranched alkanes of at least 4 members (excludes halogenated alkanes) is 2. The van der Waals surface area contributed by atoms with Crippen LogP contribution in [0.4, 0.5) is 0 Å². The molecule has 0 N–H and O–H groups in total. The van der Waals surface area contributed by atoms with E-state index in [1.807, 2.05) is 24.3 Å². The third-order valence-electron chi connectivity index (χ3n) is 3.18. The van der Waals surface area contributed by atoms with Crippen LogP contribution >= 0.6 is 0 Å². The van der Waals surface area contributed by atoms with E-state index < -0.39 is 0 Å².